The van der Waals surface area contributed by atoms with E-state index in [9.17, 15) is 17.1 Å². The number of fused-ring (bicyclic) bond motifs is 1. The zero-order chi connectivity index (χ0) is 13.3. The molecule has 6 heteroatoms. The third-order valence-corrected chi connectivity index (χ3v) is 3.43. The Hall–Kier alpha value is -1.95. The Morgan fingerprint density at radius 3 is 2.33 bits per heavy atom. The zero-order valence-corrected chi connectivity index (χ0v) is 10.2. The first-order valence-corrected chi connectivity index (χ1v) is 6.38. The van der Waals surface area contributed by atoms with Crippen LogP contribution in [0.1, 0.15) is 10.4 Å². The number of methoxy groups -OCH3 is 1. The standard InChI is InChI=1S/C12H9FO4S/c1-17-12(14)10-6-2-5-9-8(10)4-3-7-11(9)18(13,15)16/h2-7H,1H3. The van der Waals surface area contributed by atoms with Crippen molar-refractivity contribution < 1.29 is 21.8 Å². The van der Waals surface area contributed by atoms with Gasteiger partial charge in [0, 0.05) is 5.39 Å². The van der Waals surface area contributed by atoms with Crippen LogP contribution in [0.5, 0.6) is 0 Å². The van der Waals surface area contributed by atoms with Gasteiger partial charge >= 0.3 is 16.2 Å². The van der Waals surface area contributed by atoms with Gasteiger partial charge in [-0.05, 0) is 17.5 Å². The molecule has 0 aliphatic heterocycles. The molecule has 0 N–H and O–H groups in total. The maximum absolute atomic E-state index is 13.1. The molecule has 0 bridgehead atoms. The van der Waals surface area contributed by atoms with Crippen molar-refractivity contribution in [3.05, 3.63) is 42.0 Å². The Morgan fingerprint density at radius 1 is 1.11 bits per heavy atom. The van der Waals surface area contributed by atoms with Crippen LogP contribution in [0.4, 0.5) is 3.89 Å². The first-order chi connectivity index (χ1) is 8.45. The monoisotopic (exact) mass is 268 g/mol. The SMILES string of the molecule is COC(=O)c1cccc2c(S(=O)(=O)F)cccc12. The summed E-state index contributed by atoms with van der Waals surface area (Å²) in [6, 6.07) is 8.47. The number of hydrogen-bond donors (Lipinski definition) is 0. The van der Waals surface area contributed by atoms with Crippen LogP contribution in [0, 0.1) is 0 Å². The highest BCUT2D eigenvalue weighted by molar-refractivity contribution is 7.86. The van der Waals surface area contributed by atoms with Crippen molar-refractivity contribution in [1.29, 1.82) is 0 Å². The van der Waals surface area contributed by atoms with Crippen LogP contribution >= 0.6 is 0 Å². The normalized spacial score (nSPS) is 11.4. The summed E-state index contributed by atoms with van der Waals surface area (Å²) in [6.07, 6.45) is 0. The van der Waals surface area contributed by atoms with Gasteiger partial charge in [0.15, 0.2) is 0 Å². The van der Waals surface area contributed by atoms with Gasteiger partial charge in [-0.2, -0.15) is 8.42 Å². The molecular weight excluding hydrogens is 259 g/mol. The average molecular weight is 268 g/mol. The van der Waals surface area contributed by atoms with Crippen LogP contribution in [0.2, 0.25) is 0 Å². The summed E-state index contributed by atoms with van der Waals surface area (Å²) in [4.78, 5) is 11.1. The molecule has 4 nitrogen and oxygen atoms in total. The molecule has 0 spiro atoms. The molecule has 0 amide bonds. The third-order valence-electron chi connectivity index (χ3n) is 2.55. The molecule has 0 fully saturated rings. The molecule has 0 heterocycles. The van der Waals surface area contributed by atoms with Crippen LogP contribution < -0.4 is 0 Å². The first-order valence-electron chi connectivity index (χ1n) is 5.00. The van der Waals surface area contributed by atoms with Gasteiger partial charge in [0.25, 0.3) is 0 Å². The van der Waals surface area contributed by atoms with E-state index in [0.717, 1.165) is 6.07 Å². The fraction of sp³-hybridized carbons (Fsp3) is 0.0833. The van der Waals surface area contributed by atoms with Crippen LogP contribution in [0.25, 0.3) is 10.8 Å². The molecule has 2 aromatic carbocycles. The van der Waals surface area contributed by atoms with Gasteiger partial charge in [-0.3, -0.25) is 0 Å². The smallest absolute Gasteiger partial charge is 0.338 e. The van der Waals surface area contributed by atoms with Crippen molar-refractivity contribution in [2.75, 3.05) is 7.11 Å². The Bertz CT molecular complexity index is 722. The molecule has 2 aromatic rings. The highest BCUT2D eigenvalue weighted by Gasteiger charge is 2.18. The van der Waals surface area contributed by atoms with E-state index < -0.39 is 21.1 Å². The van der Waals surface area contributed by atoms with E-state index in [4.69, 9.17) is 0 Å². The second kappa shape index (κ2) is 4.38. The third kappa shape index (κ3) is 2.06. The summed E-state index contributed by atoms with van der Waals surface area (Å²) < 4.78 is 39.7. The average Bonchev–Trinajstić information content (AvgIpc) is 2.35. The van der Waals surface area contributed by atoms with Gasteiger partial charge < -0.3 is 4.74 Å². The minimum absolute atomic E-state index is 0.155. The molecule has 0 aromatic heterocycles. The Labute approximate surface area is 103 Å². The lowest BCUT2D eigenvalue weighted by molar-refractivity contribution is 0.0603. The van der Waals surface area contributed by atoms with Crippen molar-refractivity contribution in [3.8, 4) is 0 Å². The molecule has 0 aliphatic rings. The van der Waals surface area contributed by atoms with E-state index in [1.807, 2.05) is 0 Å². The lowest BCUT2D eigenvalue weighted by atomic mass is 10.0. The minimum atomic E-state index is -4.83. The fourth-order valence-corrected chi connectivity index (χ4v) is 2.46. The predicted octanol–water partition coefficient (Wildman–Crippen LogP) is 2.28. The number of rotatable bonds is 2. The van der Waals surface area contributed by atoms with Crippen molar-refractivity contribution in [1.82, 2.24) is 0 Å². The fourth-order valence-electron chi connectivity index (χ4n) is 1.78. The number of hydrogen-bond acceptors (Lipinski definition) is 4. The molecule has 0 radical (unpaired) electrons. The summed E-state index contributed by atoms with van der Waals surface area (Å²) in [7, 11) is -3.61. The number of esters is 1. The van der Waals surface area contributed by atoms with Crippen molar-refractivity contribution in [3.63, 3.8) is 0 Å². The second-order valence-corrected chi connectivity index (χ2v) is 4.90. The summed E-state index contributed by atoms with van der Waals surface area (Å²) >= 11 is 0. The summed E-state index contributed by atoms with van der Waals surface area (Å²) in [5.41, 5.74) is 0.195. The van der Waals surface area contributed by atoms with Crippen molar-refractivity contribution in [2.45, 2.75) is 4.90 Å². The van der Waals surface area contributed by atoms with E-state index in [0.29, 0.717) is 5.39 Å². The number of benzene rings is 2. The second-order valence-electron chi connectivity index (χ2n) is 3.59. The van der Waals surface area contributed by atoms with Gasteiger partial charge in [-0.1, -0.05) is 24.3 Å². The zero-order valence-electron chi connectivity index (χ0n) is 9.38. The minimum Gasteiger partial charge on any atom is -0.465 e. The molecule has 0 saturated heterocycles. The van der Waals surface area contributed by atoms with Gasteiger partial charge in [-0.15, -0.1) is 3.89 Å². The topological polar surface area (TPSA) is 60.4 Å². The van der Waals surface area contributed by atoms with Crippen LogP contribution in [-0.2, 0) is 15.0 Å². The number of carbonyl (C=O) groups is 1. The highest BCUT2D eigenvalue weighted by Crippen LogP contribution is 2.27. The van der Waals surface area contributed by atoms with E-state index in [-0.39, 0.29) is 10.9 Å². The van der Waals surface area contributed by atoms with Crippen LogP contribution in [-0.4, -0.2) is 21.5 Å². The van der Waals surface area contributed by atoms with Crippen molar-refractivity contribution >= 4 is 27.0 Å². The maximum atomic E-state index is 13.1. The lowest BCUT2D eigenvalue weighted by Gasteiger charge is -2.06. The molecule has 0 unspecified atom stereocenters. The number of ether oxygens (including phenoxy) is 1. The predicted molar refractivity (Wildman–Crippen MR) is 63.6 cm³/mol. The molecule has 18 heavy (non-hydrogen) atoms. The molecule has 0 aliphatic carbocycles. The van der Waals surface area contributed by atoms with Gasteiger partial charge in [0.2, 0.25) is 0 Å². The van der Waals surface area contributed by atoms with E-state index in [1.165, 1.54) is 37.4 Å². The molecule has 0 saturated carbocycles. The Morgan fingerprint density at radius 2 is 1.72 bits per heavy atom. The molecule has 0 atom stereocenters. The molecule has 94 valence electrons. The number of carbonyl (C=O) groups excluding carboxylic acids is 1. The van der Waals surface area contributed by atoms with E-state index >= 15 is 0 Å². The summed E-state index contributed by atoms with van der Waals surface area (Å²) in [6.45, 7) is 0. The quantitative estimate of drug-likeness (QED) is 0.619. The maximum Gasteiger partial charge on any atom is 0.338 e. The van der Waals surface area contributed by atoms with E-state index in [1.54, 1.807) is 0 Å². The number of halogens is 1. The summed E-state index contributed by atoms with van der Waals surface area (Å²) in [5, 5.41) is 0.492. The summed E-state index contributed by atoms with van der Waals surface area (Å²) in [5.74, 6) is -0.603. The van der Waals surface area contributed by atoms with E-state index in [2.05, 4.69) is 4.74 Å². The Balaban J connectivity index is 2.86. The van der Waals surface area contributed by atoms with Gasteiger partial charge in [-0.25, -0.2) is 4.79 Å². The van der Waals surface area contributed by atoms with Crippen LogP contribution in [0.15, 0.2) is 41.3 Å². The van der Waals surface area contributed by atoms with Gasteiger partial charge in [0.05, 0.1) is 12.7 Å². The van der Waals surface area contributed by atoms with Gasteiger partial charge in [0.1, 0.15) is 4.90 Å². The molecular formula is C12H9FO4S. The first kappa shape index (κ1) is 12.5. The lowest BCUT2D eigenvalue weighted by Crippen LogP contribution is -2.03. The van der Waals surface area contributed by atoms with Crippen LogP contribution in [0.3, 0.4) is 0 Å². The largest absolute Gasteiger partial charge is 0.465 e. The molecule has 2 rings (SSSR count). The Kier molecular flexibility index (Phi) is 3.04. The van der Waals surface area contributed by atoms with Crippen molar-refractivity contribution in [2.24, 2.45) is 0 Å². The highest BCUT2D eigenvalue weighted by atomic mass is 32.3.